The molecular weight excluding hydrogens is 142 g/mol. The zero-order valence-corrected chi connectivity index (χ0v) is 5.70. The molecule has 0 spiro atoms. The Kier molecular flexibility index (Phi) is 5.35. The van der Waals surface area contributed by atoms with Crippen LogP contribution in [0.3, 0.4) is 0 Å². The number of aliphatic hydroxyl groups is 1. The van der Waals surface area contributed by atoms with Crippen LogP contribution in [0.25, 0.3) is 0 Å². The van der Waals surface area contributed by atoms with Gasteiger partial charge in [-0.3, -0.25) is 10.2 Å². The van der Waals surface area contributed by atoms with Gasteiger partial charge in [0.1, 0.15) is 0 Å². The van der Waals surface area contributed by atoms with E-state index in [9.17, 15) is 0 Å². The second-order valence-corrected chi connectivity index (χ2v) is 1.66. The molecule has 0 amide bonds. The van der Waals surface area contributed by atoms with Crippen molar-refractivity contribution in [3.63, 3.8) is 0 Å². The summed E-state index contributed by atoms with van der Waals surface area (Å²) in [6.07, 6.45) is 0.626. The number of guanidine groups is 1. The summed E-state index contributed by atoms with van der Waals surface area (Å²) in [5.41, 5.74) is 0. The average molecular weight is 152 g/mol. The molecular formula is C4H10ClN3O. The molecule has 5 heteroatoms. The molecule has 54 valence electrons. The van der Waals surface area contributed by atoms with Crippen LogP contribution in [0.2, 0.25) is 0 Å². The highest BCUT2D eigenvalue weighted by Gasteiger charge is 1.88. The van der Waals surface area contributed by atoms with Crippen molar-refractivity contribution in [2.75, 3.05) is 13.2 Å². The molecule has 4 N–H and O–H groups in total. The van der Waals surface area contributed by atoms with Crippen LogP contribution in [0.4, 0.5) is 0 Å². The Morgan fingerprint density at radius 3 is 2.78 bits per heavy atom. The number of nitrogens with one attached hydrogen (secondary N) is 3. The van der Waals surface area contributed by atoms with Crippen molar-refractivity contribution >= 4 is 17.7 Å². The Hall–Kier alpha value is -0.480. The Balaban J connectivity index is 2.97. The third-order valence-corrected chi connectivity index (χ3v) is 0.920. The maximum atomic E-state index is 8.29. The lowest BCUT2D eigenvalue weighted by atomic mass is 10.4. The number of halogens is 1. The minimum Gasteiger partial charge on any atom is -0.396 e. The Morgan fingerprint density at radius 2 is 2.33 bits per heavy atom. The van der Waals surface area contributed by atoms with Gasteiger partial charge in [0, 0.05) is 24.9 Å². The molecule has 0 fully saturated rings. The normalized spacial score (nSPS) is 8.67. The minimum absolute atomic E-state index is 0.0603. The number of hydrogen-bond donors (Lipinski definition) is 4. The largest absolute Gasteiger partial charge is 0.396 e. The molecule has 0 aliphatic rings. The topological polar surface area (TPSA) is 68.1 Å². The summed E-state index contributed by atoms with van der Waals surface area (Å²) >= 11 is 5.03. The molecule has 0 aliphatic heterocycles. The lowest BCUT2D eigenvalue weighted by molar-refractivity contribution is 0.289. The van der Waals surface area contributed by atoms with E-state index in [0.717, 1.165) is 0 Å². The van der Waals surface area contributed by atoms with Crippen LogP contribution in [-0.4, -0.2) is 24.2 Å². The van der Waals surface area contributed by atoms with E-state index in [1.807, 2.05) is 0 Å². The van der Waals surface area contributed by atoms with E-state index in [2.05, 4.69) is 10.2 Å². The van der Waals surface area contributed by atoms with Crippen molar-refractivity contribution in [3.8, 4) is 0 Å². The van der Waals surface area contributed by atoms with E-state index in [-0.39, 0.29) is 12.6 Å². The summed E-state index contributed by atoms with van der Waals surface area (Å²) in [6, 6.07) is 0. The Labute approximate surface area is 58.8 Å². The van der Waals surface area contributed by atoms with Crippen LogP contribution in [0, 0.1) is 5.41 Å². The molecule has 0 atom stereocenters. The fourth-order valence-electron chi connectivity index (χ4n) is 0.326. The summed E-state index contributed by atoms with van der Waals surface area (Å²) < 4.78 is 0. The molecule has 0 radical (unpaired) electrons. The molecule has 0 unspecified atom stereocenters. The molecule has 9 heavy (non-hydrogen) atoms. The smallest absolute Gasteiger partial charge is 0.203 e. The monoisotopic (exact) mass is 151 g/mol. The summed E-state index contributed by atoms with van der Waals surface area (Å²) in [4.78, 5) is 2.09. The predicted octanol–water partition coefficient (Wildman–Crippen LogP) is -0.363. The highest BCUT2D eigenvalue weighted by atomic mass is 35.5. The summed E-state index contributed by atoms with van der Waals surface area (Å²) in [5, 5.41) is 17.8. The highest BCUT2D eigenvalue weighted by molar-refractivity contribution is 6.21. The third-order valence-electron chi connectivity index (χ3n) is 0.731. The SMILES string of the molecule is N=C(NCl)NCCCO. The van der Waals surface area contributed by atoms with Crippen molar-refractivity contribution in [1.82, 2.24) is 10.2 Å². The van der Waals surface area contributed by atoms with Gasteiger partial charge in [0.15, 0.2) is 0 Å². The average Bonchev–Trinajstić information content (AvgIpc) is 1.89. The predicted molar refractivity (Wildman–Crippen MR) is 36.4 cm³/mol. The zero-order chi connectivity index (χ0) is 7.11. The Morgan fingerprint density at radius 1 is 1.67 bits per heavy atom. The highest BCUT2D eigenvalue weighted by Crippen LogP contribution is 1.71. The summed E-state index contributed by atoms with van der Waals surface area (Å²) in [7, 11) is 0. The summed E-state index contributed by atoms with van der Waals surface area (Å²) in [6.45, 7) is 0.692. The number of hydrogen-bond acceptors (Lipinski definition) is 2. The van der Waals surface area contributed by atoms with Crippen LogP contribution >= 0.6 is 11.8 Å². The van der Waals surface area contributed by atoms with Crippen molar-refractivity contribution < 1.29 is 5.11 Å². The first-order chi connectivity index (χ1) is 4.31. The van der Waals surface area contributed by atoms with Crippen LogP contribution in [-0.2, 0) is 0 Å². The van der Waals surface area contributed by atoms with E-state index in [4.69, 9.17) is 22.3 Å². The second-order valence-electron chi connectivity index (χ2n) is 1.47. The lowest BCUT2D eigenvalue weighted by Crippen LogP contribution is -2.31. The van der Waals surface area contributed by atoms with Crippen LogP contribution in [0.5, 0.6) is 0 Å². The second kappa shape index (κ2) is 5.65. The van der Waals surface area contributed by atoms with Gasteiger partial charge in [-0.25, -0.2) is 0 Å². The maximum absolute atomic E-state index is 8.29. The van der Waals surface area contributed by atoms with E-state index in [1.54, 1.807) is 0 Å². The minimum atomic E-state index is 0.0603. The van der Waals surface area contributed by atoms with Crippen molar-refractivity contribution in [1.29, 1.82) is 5.41 Å². The van der Waals surface area contributed by atoms with Crippen molar-refractivity contribution in [2.24, 2.45) is 0 Å². The van der Waals surface area contributed by atoms with Crippen LogP contribution in [0.15, 0.2) is 0 Å². The molecule has 0 saturated heterocycles. The van der Waals surface area contributed by atoms with Crippen LogP contribution in [0.1, 0.15) is 6.42 Å². The van der Waals surface area contributed by atoms with Crippen LogP contribution < -0.4 is 10.2 Å². The van der Waals surface area contributed by atoms with Gasteiger partial charge in [0.2, 0.25) is 5.96 Å². The van der Waals surface area contributed by atoms with Gasteiger partial charge >= 0.3 is 0 Å². The van der Waals surface area contributed by atoms with Gasteiger partial charge in [-0.15, -0.1) is 0 Å². The number of aliphatic hydroxyl groups excluding tert-OH is 1. The third kappa shape index (κ3) is 5.39. The maximum Gasteiger partial charge on any atom is 0.203 e. The van der Waals surface area contributed by atoms with E-state index < -0.39 is 0 Å². The zero-order valence-electron chi connectivity index (χ0n) is 4.95. The summed E-state index contributed by atoms with van der Waals surface area (Å²) in [5.74, 6) is 0.0603. The molecule has 0 aromatic carbocycles. The first-order valence-corrected chi connectivity index (χ1v) is 2.99. The van der Waals surface area contributed by atoms with Gasteiger partial charge in [-0.05, 0) is 6.42 Å². The number of rotatable bonds is 3. The van der Waals surface area contributed by atoms with Gasteiger partial charge < -0.3 is 10.4 Å². The molecule has 0 heterocycles. The molecule has 0 bridgehead atoms. The fraction of sp³-hybridized carbons (Fsp3) is 0.750. The van der Waals surface area contributed by atoms with Gasteiger partial charge in [0.25, 0.3) is 0 Å². The Bertz CT molecular complexity index is 87.9. The first-order valence-electron chi connectivity index (χ1n) is 2.61. The molecule has 0 saturated carbocycles. The van der Waals surface area contributed by atoms with E-state index >= 15 is 0 Å². The molecule has 0 aromatic heterocycles. The van der Waals surface area contributed by atoms with Gasteiger partial charge in [-0.1, -0.05) is 0 Å². The van der Waals surface area contributed by atoms with E-state index in [0.29, 0.717) is 13.0 Å². The molecule has 0 aromatic rings. The lowest BCUT2D eigenvalue weighted by Gasteiger charge is -2.02. The van der Waals surface area contributed by atoms with Crippen molar-refractivity contribution in [3.05, 3.63) is 0 Å². The quantitative estimate of drug-likeness (QED) is 0.193. The van der Waals surface area contributed by atoms with Gasteiger partial charge in [0.05, 0.1) is 0 Å². The first kappa shape index (κ1) is 8.52. The van der Waals surface area contributed by atoms with Crippen molar-refractivity contribution in [2.45, 2.75) is 6.42 Å². The molecule has 4 nitrogen and oxygen atoms in total. The molecule has 0 aliphatic carbocycles. The standard InChI is InChI=1S/C4H10ClN3O/c5-8-4(6)7-2-1-3-9/h9H,1-3H2,(H3,6,7,8). The molecule has 0 rings (SSSR count). The van der Waals surface area contributed by atoms with Gasteiger partial charge in [-0.2, -0.15) is 0 Å². The van der Waals surface area contributed by atoms with E-state index in [1.165, 1.54) is 0 Å². The fourth-order valence-corrected chi connectivity index (χ4v) is 0.393.